The van der Waals surface area contributed by atoms with Crippen molar-refractivity contribution < 1.29 is 0 Å². The molecule has 0 aliphatic heterocycles. The van der Waals surface area contributed by atoms with E-state index in [4.69, 9.17) is 5.73 Å². The molecular weight excluding hydrogens is 206 g/mol. The molecule has 1 heterocycles. The predicted molar refractivity (Wildman–Crippen MR) is 48.2 cm³/mol. The molecule has 0 radical (unpaired) electrons. The van der Waals surface area contributed by atoms with Gasteiger partial charge in [-0.3, -0.25) is 4.68 Å². The van der Waals surface area contributed by atoms with Crippen LogP contribution in [0.1, 0.15) is 5.56 Å². The molecular formula is C7H10BrN3. The Labute approximate surface area is 74.0 Å². The third-order valence-electron chi connectivity index (χ3n) is 1.26. The third-order valence-corrected chi connectivity index (χ3v) is 1.51. The first-order chi connectivity index (χ1) is 5.22. The minimum atomic E-state index is 0.536. The van der Waals surface area contributed by atoms with Crippen LogP contribution < -0.4 is 5.73 Å². The summed E-state index contributed by atoms with van der Waals surface area (Å²) in [5.74, 6) is 0. The first kappa shape index (κ1) is 8.49. The molecule has 0 spiro atoms. The van der Waals surface area contributed by atoms with Crippen molar-refractivity contribution in [2.45, 2.75) is 13.1 Å². The fourth-order valence-corrected chi connectivity index (χ4v) is 1.03. The molecule has 0 atom stereocenters. The lowest BCUT2D eigenvalue weighted by Crippen LogP contribution is -1.97. The van der Waals surface area contributed by atoms with Crippen molar-refractivity contribution in [2.24, 2.45) is 5.73 Å². The lowest BCUT2D eigenvalue weighted by atomic mass is 10.4. The molecule has 0 fully saturated rings. The summed E-state index contributed by atoms with van der Waals surface area (Å²) < 4.78 is 2.70. The second-order valence-corrected chi connectivity index (χ2v) is 3.39. The molecule has 1 rings (SSSR count). The molecule has 2 N–H and O–H groups in total. The number of nitrogens with zero attached hydrogens (tertiary/aromatic N) is 2. The van der Waals surface area contributed by atoms with Gasteiger partial charge in [0.25, 0.3) is 0 Å². The van der Waals surface area contributed by atoms with Gasteiger partial charge in [-0.2, -0.15) is 5.10 Å². The average Bonchev–Trinajstić information content (AvgIpc) is 2.34. The quantitative estimate of drug-likeness (QED) is 0.826. The predicted octanol–water partition coefficient (Wildman–Crippen LogP) is 1.25. The van der Waals surface area contributed by atoms with Crippen LogP contribution in [0.15, 0.2) is 23.5 Å². The summed E-state index contributed by atoms with van der Waals surface area (Å²) in [6, 6.07) is 0. The zero-order valence-corrected chi connectivity index (χ0v) is 7.71. The van der Waals surface area contributed by atoms with Gasteiger partial charge in [-0.15, -0.1) is 0 Å². The number of rotatable bonds is 3. The highest BCUT2D eigenvalue weighted by Gasteiger charge is 1.95. The van der Waals surface area contributed by atoms with Gasteiger partial charge < -0.3 is 5.73 Å². The van der Waals surface area contributed by atoms with Crippen molar-refractivity contribution in [3.05, 3.63) is 29.0 Å². The summed E-state index contributed by atoms with van der Waals surface area (Å²) in [5, 5.41) is 4.07. The Hall–Kier alpha value is -0.610. The van der Waals surface area contributed by atoms with E-state index >= 15 is 0 Å². The lowest BCUT2D eigenvalue weighted by Gasteiger charge is -1.96. The average molecular weight is 216 g/mol. The van der Waals surface area contributed by atoms with Crippen LogP contribution in [0.5, 0.6) is 0 Å². The summed E-state index contributed by atoms with van der Waals surface area (Å²) in [5.41, 5.74) is 6.45. The lowest BCUT2D eigenvalue weighted by molar-refractivity contribution is 0.697. The number of hydrogen-bond acceptors (Lipinski definition) is 2. The first-order valence-electron chi connectivity index (χ1n) is 3.27. The van der Waals surface area contributed by atoms with E-state index in [9.17, 15) is 0 Å². The molecule has 0 aromatic carbocycles. The van der Waals surface area contributed by atoms with E-state index in [0.29, 0.717) is 13.1 Å². The zero-order chi connectivity index (χ0) is 8.27. The Morgan fingerprint density at radius 1 is 1.82 bits per heavy atom. The van der Waals surface area contributed by atoms with Crippen molar-refractivity contribution in [3.8, 4) is 0 Å². The molecule has 0 aliphatic rings. The minimum absolute atomic E-state index is 0.536. The molecule has 4 heteroatoms. The highest BCUT2D eigenvalue weighted by atomic mass is 79.9. The van der Waals surface area contributed by atoms with Crippen LogP contribution >= 0.6 is 15.9 Å². The van der Waals surface area contributed by atoms with Crippen molar-refractivity contribution >= 4 is 15.9 Å². The second kappa shape index (κ2) is 3.69. The van der Waals surface area contributed by atoms with Gasteiger partial charge in [0.15, 0.2) is 0 Å². The van der Waals surface area contributed by atoms with Gasteiger partial charge in [-0.25, -0.2) is 0 Å². The van der Waals surface area contributed by atoms with E-state index in [0.717, 1.165) is 10.0 Å². The molecule has 0 saturated carbocycles. The first-order valence-corrected chi connectivity index (χ1v) is 4.06. The SMILES string of the molecule is C=C(Br)Cn1cc(CN)cn1. The highest BCUT2D eigenvalue weighted by molar-refractivity contribution is 9.11. The van der Waals surface area contributed by atoms with Crippen LogP contribution in [0.2, 0.25) is 0 Å². The van der Waals surface area contributed by atoms with Crippen LogP contribution in [0, 0.1) is 0 Å². The van der Waals surface area contributed by atoms with Gasteiger partial charge in [0.2, 0.25) is 0 Å². The number of aromatic nitrogens is 2. The Balaban J connectivity index is 2.65. The van der Waals surface area contributed by atoms with Gasteiger partial charge in [-0.1, -0.05) is 22.5 Å². The van der Waals surface area contributed by atoms with Crippen molar-refractivity contribution in [1.82, 2.24) is 9.78 Å². The molecule has 0 aliphatic carbocycles. The fourth-order valence-electron chi connectivity index (χ4n) is 0.774. The van der Waals surface area contributed by atoms with Crippen LogP contribution in [0.25, 0.3) is 0 Å². The van der Waals surface area contributed by atoms with Gasteiger partial charge in [0.05, 0.1) is 12.7 Å². The summed E-state index contributed by atoms with van der Waals surface area (Å²) in [6.45, 7) is 4.94. The topological polar surface area (TPSA) is 43.8 Å². The van der Waals surface area contributed by atoms with E-state index in [1.54, 1.807) is 10.9 Å². The van der Waals surface area contributed by atoms with Crippen molar-refractivity contribution in [2.75, 3.05) is 0 Å². The summed E-state index contributed by atoms with van der Waals surface area (Å²) in [4.78, 5) is 0. The summed E-state index contributed by atoms with van der Waals surface area (Å²) in [7, 11) is 0. The monoisotopic (exact) mass is 215 g/mol. The van der Waals surface area contributed by atoms with Gasteiger partial charge in [-0.05, 0) is 0 Å². The van der Waals surface area contributed by atoms with Gasteiger partial charge in [0, 0.05) is 22.8 Å². The largest absolute Gasteiger partial charge is 0.326 e. The van der Waals surface area contributed by atoms with E-state index < -0.39 is 0 Å². The molecule has 0 bridgehead atoms. The number of halogens is 1. The highest BCUT2D eigenvalue weighted by Crippen LogP contribution is 2.04. The van der Waals surface area contributed by atoms with Gasteiger partial charge >= 0.3 is 0 Å². The van der Waals surface area contributed by atoms with Crippen LogP contribution in [-0.2, 0) is 13.1 Å². The number of allylic oxidation sites excluding steroid dienone is 1. The molecule has 0 saturated heterocycles. The molecule has 0 amide bonds. The molecule has 11 heavy (non-hydrogen) atoms. The molecule has 1 aromatic heterocycles. The maximum absolute atomic E-state index is 5.41. The zero-order valence-electron chi connectivity index (χ0n) is 6.13. The smallest absolute Gasteiger partial charge is 0.0718 e. The second-order valence-electron chi connectivity index (χ2n) is 2.27. The Bertz CT molecular complexity index is 254. The van der Waals surface area contributed by atoms with Crippen molar-refractivity contribution in [3.63, 3.8) is 0 Å². The van der Waals surface area contributed by atoms with Gasteiger partial charge in [0.1, 0.15) is 0 Å². The van der Waals surface area contributed by atoms with E-state index in [-0.39, 0.29) is 0 Å². The van der Waals surface area contributed by atoms with Crippen LogP contribution in [-0.4, -0.2) is 9.78 Å². The van der Waals surface area contributed by atoms with Crippen molar-refractivity contribution in [1.29, 1.82) is 0 Å². The third kappa shape index (κ3) is 2.48. The summed E-state index contributed by atoms with van der Waals surface area (Å²) >= 11 is 3.26. The van der Waals surface area contributed by atoms with E-state index in [2.05, 4.69) is 27.6 Å². The normalized spacial score (nSPS) is 10.0. The van der Waals surface area contributed by atoms with Crippen LogP contribution in [0.3, 0.4) is 0 Å². The van der Waals surface area contributed by atoms with E-state index in [1.165, 1.54) is 0 Å². The molecule has 60 valence electrons. The minimum Gasteiger partial charge on any atom is -0.326 e. The fraction of sp³-hybridized carbons (Fsp3) is 0.286. The maximum atomic E-state index is 5.41. The number of nitrogens with two attached hydrogens (primary N) is 1. The Kier molecular flexibility index (Phi) is 2.84. The molecule has 3 nitrogen and oxygen atoms in total. The Morgan fingerprint density at radius 3 is 3.00 bits per heavy atom. The maximum Gasteiger partial charge on any atom is 0.0718 e. The van der Waals surface area contributed by atoms with Crippen LogP contribution in [0.4, 0.5) is 0 Å². The molecule has 0 unspecified atom stereocenters. The number of hydrogen-bond donors (Lipinski definition) is 1. The summed E-state index contributed by atoms with van der Waals surface area (Å²) in [6.07, 6.45) is 3.67. The molecule has 1 aromatic rings. The standard InChI is InChI=1S/C7H10BrN3/c1-6(8)4-11-5-7(2-9)3-10-11/h3,5H,1-2,4,9H2. The Morgan fingerprint density at radius 2 is 2.55 bits per heavy atom. The van der Waals surface area contributed by atoms with E-state index in [1.807, 2.05) is 6.20 Å².